The molecule has 1 aromatic heterocycles. The van der Waals surface area contributed by atoms with E-state index >= 15 is 0 Å². The molecule has 5 heteroatoms. The highest BCUT2D eigenvalue weighted by Crippen LogP contribution is 2.44. The molecule has 0 radical (unpaired) electrons. The first-order chi connectivity index (χ1) is 12.6. The summed E-state index contributed by atoms with van der Waals surface area (Å²) in [6, 6.07) is 6.03. The summed E-state index contributed by atoms with van der Waals surface area (Å²) in [5.41, 5.74) is 4.04. The van der Waals surface area contributed by atoms with E-state index in [4.69, 9.17) is 14.2 Å². The number of ether oxygens (including phenoxy) is 3. The molecule has 0 fully saturated rings. The van der Waals surface area contributed by atoms with Crippen LogP contribution in [0.4, 0.5) is 0 Å². The summed E-state index contributed by atoms with van der Waals surface area (Å²) in [4.78, 5) is 12.4. The number of aromatic nitrogens is 1. The Labute approximate surface area is 154 Å². The fourth-order valence-corrected chi connectivity index (χ4v) is 3.54. The van der Waals surface area contributed by atoms with Crippen molar-refractivity contribution < 1.29 is 19.0 Å². The van der Waals surface area contributed by atoms with Gasteiger partial charge >= 0.3 is 0 Å². The molecule has 1 aliphatic rings. The van der Waals surface area contributed by atoms with Gasteiger partial charge in [0.25, 0.3) is 0 Å². The zero-order valence-electron chi connectivity index (χ0n) is 16.0. The molecule has 1 unspecified atom stereocenters. The normalized spacial score (nSPS) is 15.3. The van der Waals surface area contributed by atoms with Gasteiger partial charge in [0, 0.05) is 37.4 Å². The molecule has 1 atom stereocenters. The Balaban J connectivity index is 2.10. The van der Waals surface area contributed by atoms with Gasteiger partial charge in [0.2, 0.25) is 0 Å². The number of benzene rings is 1. The number of hydrogen-bond donors (Lipinski definition) is 0. The maximum atomic E-state index is 12.4. The predicted octanol–water partition coefficient (Wildman–Crippen LogP) is 4.29. The molecule has 0 N–H and O–H groups in total. The molecule has 0 saturated carbocycles. The summed E-state index contributed by atoms with van der Waals surface area (Å²) in [6.45, 7) is 8.45. The maximum absolute atomic E-state index is 12.4. The number of hydrogen-bond acceptors (Lipinski definition) is 4. The SMILES string of the molecule is CCOc1cc2c(cc1OCCOC)C(C)Cn1ccc(C(=O)CC)c1-2. The molecule has 3 rings (SSSR count). The Morgan fingerprint density at radius 2 is 1.96 bits per heavy atom. The minimum Gasteiger partial charge on any atom is -0.490 e. The Bertz CT molecular complexity index is 794. The summed E-state index contributed by atoms with van der Waals surface area (Å²) >= 11 is 0. The number of rotatable bonds is 8. The van der Waals surface area contributed by atoms with Crippen molar-refractivity contribution in [3.63, 3.8) is 0 Å². The van der Waals surface area contributed by atoms with Crippen molar-refractivity contribution in [3.05, 3.63) is 35.5 Å². The van der Waals surface area contributed by atoms with Gasteiger partial charge in [-0.1, -0.05) is 13.8 Å². The molecular formula is C21H27NO4. The molecule has 0 bridgehead atoms. The number of fused-ring (bicyclic) bond motifs is 3. The van der Waals surface area contributed by atoms with Gasteiger partial charge in [-0.25, -0.2) is 0 Å². The van der Waals surface area contributed by atoms with Crippen LogP contribution in [0.5, 0.6) is 11.5 Å². The van der Waals surface area contributed by atoms with E-state index in [1.807, 2.05) is 32.2 Å². The highest BCUT2D eigenvalue weighted by Gasteiger charge is 2.28. The lowest BCUT2D eigenvalue weighted by atomic mass is 9.88. The summed E-state index contributed by atoms with van der Waals surface area (Å²) in [7, 11) is 1.65. The van der Waals surface area contributed by atoms with Crippen molar-refractivity contribution >= 4 is 5.78 Å². The summed E-state index contributed by atoms with van der Waals surface area (Å²) in [5, 5.41) is 0. The number of Topliss-reactive ketones (excluding diaryl/α,β-unsaturated/α-hetero) is 1. The Morgan fingerprint density at radius 3 is 2.65 bits per heavy atom. The minimum atomic E-state index is 0.164. The largest absolute Gasteiger partial charge is 0.490 e. The second-order valence-electron chi connectivity index (χ2n) is 6.57. The monoisotopic (exact) mass is 357 g/mol. The van der Waals surface area contributed by atoms with Crippen molar-refractivity contribution in [2.75, 3.05) is 26.9 Å². The number of ketones is 1. The zero-order chi connectivity index (χ0) is 18.7. The van der Waals surface area contributed by atoms with Gasteiger partial charge in [-0.2, -0.15) is 0 Å². The minimum absolute atomic E-state index is 0.164. The molecule has 0 saturated heterocycles. The molecular weight excluding hydrogens is 330 g/mol. The van der Waals surface area contributed by atoms with Crippen molar-refractivity contribution in [3.8, 4) is 22.8 Å². The highest BCUT2D eigenvalue weighted by molar-refractivity contribution is 6.02. The van der Waals surface area contributed by atoms with Crippen LogP contribution in [0, 0.1) is 0 Å². The Morgan fingerprint density at radius 1 is 1.19 bits per heavy atom. The lowest BCUT2D eigenvalue weighted by Gasteiger charge is -2.27. The Kier molecular flexibility index (Phi) is 5.67. The number of methoxy groups -OCH3 is 1. The summed E-state index contributed by atoms with van der Waals surface area (Å²) in [6.07, 6.45) is 2.51. The van der Waals surface area contributed by atoms with Crippen LogP contribution in [0.1, 0.15) is 49.0 Å². The van der Waals surface area contributed by atoms with Gasteiger partial charge in [-0.3, -0.25) is 4.79 Å². The second-order valence-corrected chi connectivity index (χ2v) is 6.57. The predicted molar refractivity (Wildman–Crippen MR) is 101 cm³/mol. The van der Waals surface area contributed by atoms with Gasteiger partial charge in [0.1, 0.15) is 6.61 Å². The quantitative estimate of drug-likeness (QED) is 0.522. The third-order valence-corrected chi connectivity index (χ3v) is 4.80. The topological polar surface area (TPSA) is 49.7 Å². The number of nitrogens with zero attached hydrogens (tertiary/aromatic N) is 1. The lowest BCUT2D eigenvalue weighted by molar-refractivity contribution is 0.0988. The van der Waals surface area contributed by atoms with E-state index in [2.05, 4.69) is 17.6 Å². The van der Waals surface area contributed by atoms with Crippen molar-refractivity contribution in [1.82, 2.24) is 4.57 Å². The first-order valence-electron chi connectivity index (χ1n) is 9.25. The molecule has 2 aromatic rings. The molecule has 1 aromatic carbocycles. The highest BCUT2D eigenvalue weighted by atomic mass is 16.5. The first-order valence-corrected chi connectivity index (χ1v) is 9.25. The van der Waals surface area contributed by atoms with Crippen LogP contribution in [0.3, 0.4) is 0 Å². The van der Waals surface area contributed by atoms with E-state index in [9.17, 15) is 4.79 Å². The molecule has 140 valence electrons. The van der Waals surface area contributed by atoms with Gasteiger partial charge in [-0.05, 0) is 36.6 Å². The van der Waals surface area contributed by atoms with Crippen LogP contribution in [0.15, 0.2) is 24.4 Å². The number of carbonyl (C=O) groups excluding carboxylic acids is 1. The Hall–Kier alpha value is -2.27. The zero-order valence-corrected chi connectivity index (χ0v) is 16.0. The van der Waals surface area contributed by atoms with Gasteiger partial charge in [0.05, 0.1) is 18.9 Å². The standard InChI is InChI=1S/C21H27NO4/c1-5-18(23)15-7-8-22-13-14(3)16-11-20(26-10-9-24-4)19(25-6-2)12-17(16)21(15)22/h7-8,11-12,14H,5-6,9-10,13H2,1-4H3. The van der Waals surface area contributed by atoms with E-state index in [1.165, 1.54) is 5.56 Å². The van der Waals surface area contributed by atoms with E-state index in [1.54, 1.807) is 7.11 Å². The lowest BCUT2D eigenvalue weighted by Crippen LogP contribution is -2.16. The fraction of sp³-hybridized carbons (Fsp3) is 0.476. The third kappa shape index (κ3) is 3.36. The van der Waals surface area contributed by atoms with Crippen LogP contribution in [-0.4, -0.2) is 37.3 Å². The molecule has 1 aliphatic heterocycles. The molecule has 26 heavy (non-hydrogen) atoms. The average molecular weight is 357 g/mol. The van der Waals surface area contributed by atoms with E-state index < -0.39 is 0 Å². The molecule has 0 spiro atoms. The summed E-state index contributed by atoms with van der Waals surface area (Å²) in [5.74, 6) is 1.93. The molecule has 2 heterocycles. The van der Waals surface area contributed by atoms with Crippen molar-refractivity contribution in [2.24, 2.45) is 0 Å². The average Bonchev–Trinajstić information content (AvgIpc) is 3.06. The second kappa shape index (κ2) is 7.96. The van der Waals surface area contributed by atoms with Gasteiger partial charge < -0.3 is 18.8 Å². The fourth-order valence-electron chi connectivity index (χ4n) is 3.54. The first kappa shape index (κ1) is 18.5. The van der Waals surface area contributed by atoms with E-state index in [0.29, 0.717) is 37.9 Å². The maximum Gasteiger partial charge on any atom is 0.164 e. The molecule has 0 aliphatic carbocycles. The van der Waals surface area contributed by atoms with Crippen LogP contribution >= 0.6 is 0 Å². The number of carbonyl (C=O) groups is 1. The van der Waals surface area contributed by atoms with Crippen LogP contribution < -0.4 is 9.47 Å². The summed E-state index contributed by atoms with van der Waals surface area (Å²) < 4.78 is 19.0. The van der Waals surface area contributed by atoms with Gasteiger partial charge in [0.15, 0.2) is 17.3 Å². The third-order valence-electron chi connectivity index (χ3n) is 4.80. The molecule has 5 nitrogen and oxygen atoms in total. The molecule has 0 amide bonds. The van der Waals surface area contributed by atoms with Crippen molar-refractivity contribution in [1.29, 1.82) is 0 Å². The van der Waals surface area contributed by atoms with Crippen molar-refractivity contribution in [2.45, 2.75) is 39.7 Å². The van der Waals surface area contributed by atoms with Crippen LogP contribution in [0.25, 0.3) is 11.3 Å². The van der Waals surface area contributed by atoms with E-state index in [0.717, 1.165) is 29.1 Å². The smallest absolute Gasteiger partial charge is 0.164 e. The van der Waals surface area contributed by atoms with Gasteiger partial charge in [-0.15, -0.1) is 0 Å². The van der Waals surface area contributed by atoms with E-state index in [-0.39, 0.29) is 5.78 Å². The van der Waals surface area contributed by atoms with Crippen LogP contribution in [0.2, 0.25) is 0 Å². The van der Waals surface area contributed by atoms with Crippen LogP contribution in [-0.2, 0) is 11.3 Å².